The van der Waals surface area contributed by atoms with Crippen molar-refractivity contribution in [1.82, 2.24) is 15.0 Å². The molecule has 0 saturated carbocycles. The Hall–Kier alpha value is -0.230. The summed E-state index contributed by atoms with van der Waals surface area (Å²) in [6.45, 7) is 0. The van der Waals surface area contributed by atoms with Crippen molar-refractivity contribution in [3.05, 3.63) is 26.4 Å². The van der Waals surface area contributed by atoms with E-state index in [0.717, 1.165) is 0 Å². The first kappa shape index (κ1) is 10.3. The summed E-state index contributed by atoms with van der Waals surface area (Å²) in [5.74, 6) is 0.482. The molecule has 2 aromatic heterocycles. The van der Waals surface area contributed by atoms with Crippen LogP contribution < -0.4 is 0 Å². The Labute approximate surface area is 102 Å². The van der Waals surface area contributed by atoms with Crippen molar-refractivity contribution >= 4 is 50.5 Å². The molecule has 0 fully saturated rings. The van der Waals surface area contributed by atoms with Crippen molar-refractivity contribution in [3.8, 4) is 10.8 Å². The predicted octanol–water partition coefficient (Wildman–Crippen LogP) is 3.67. The molecule has 2 heterocycles. The van der Waals surface area contributed by atoms with E-state index >= 15 is 0 Å². The van der Waals surface area contributed by atoms with Crippen LogP contribution in [0.25, 0.3) is 10.8 Å². The van der Waals surface area contributed by atoms with E-state index in [-0.39, 0.29) is 0 Å². The lowest BCUT2D eigenvalue weighted by Crippen LogP contribution is -1.88. The van der Waals surface area contributed by atoms with Gasteiger partial charge >= 0.3 is 0 Å². The third kappa shape index (κ3) is 2.06. The molecule has 72 valence electrons. The number of nitrogens with zero attached hydrogens (tertiary/aromatic N) is 3. The smallest absolute Gasteiger partial charge is 0.190 e. The molecule has 0 N–H and O–H groups in total. The van der Waals surface area contributed by atoms with Crippen molar-refractivity contribution in [3.63, 3.8) is 0 Å². The van der Waals surface area contributed by atoms with Gasteiger partial charge in [0.05, 0.1) is 10.7 Å². The molecule has 0 saturated heterocycles. The molecule has 0 aromatic carbocycles. The molecule has 0 atom stereocenters. The second-order valence-electron chi connectivity index (χ2n) is 2.30. The van der Waals surface area contributed by atoms with Crippen molar-refractivity contribution < 1.29 is 0 Å². The van der Waals surface area contributed by atoms with Gasteiger partial charge in [-0.3, -0.25) is 0 Å². The third-order valence-electron chi connectivity index (χ3n) is 1.37. The molecule has 2 rings (SSSR count). The fourth-order valence-electron chi connectivity index (χ4n) is 0.807. The van der Waals surface area contributed by atoms with Gasteiger partial charge in [0.15, 0.2) is 10.8 Å². The van der Waals surface area contributed by atoms with E-state index in [1.807, 2.05) is 0 Å². The number of hydrogen-bond donors (Lipinski definition) is 0. The van der Waals surface area contributed by atoms with E-state index in [1.54, 1.807) is 12.4 Å². The molecule has 0 amide bonds. The average molecular weight is 311 g/mol. The van der Waals surface area contributed by atoms with Gasteiger partial charge in [-0.15, -0.1) is 0 Å². The normalized spacial score (nSPS) is 10.5. The van der Waals surface area contributed by atoms with Crippen LogP contribution in [-0.4, -0.2) is 15.0 Å². The van der Waals surface area contributed by atoms with Crippen LogP contribution in [0.15, 0.2) is 16.9 Å². The van der Waals surface area contributed by atoms with Gasteiger partial charge in [0.25, 0.3) is 0 Å². The number of hydrogen-bond acceptors (Lipinski definition) is 4. The second kappa shape index (κ2) is 4.10. The summed E-state index contributed by atoms with van der Waals surface area (Å²) < 4.78 is 1.26. The molecule has 0 bridgehead atoms. The maximum atomic E-state index is 5.82. The molecule has 0 spiro atoms. The summed E-state index contributed by atoms with van der Waals surface area (Å²) in [6.07, 6.45) is 3.14. The zero-order chi connectivity index (χ0) is 10.1. The Kier molecular flexibility index (Phi) is 3.02. The standard InChI is InChI=1S/C7H2BrCl2N3S/c8-3-1-11-6(13-5(3)10)7-12-2-4(9)14-7/h1-2H. The quantitative estimate of drug-likeness (QED) is 0.754. The minimum Gasteiger partial charge on any atom is -0.240 e. The van der Waals surface area contributed by atoms with Gasteiger partial charge in [-0.2, -0.15) is 0 Å². The molecule has 3 nitrogen and oxygen atoms in total. The van der Waals surface area contributed by atoms with Crippen LogP contribution in [0.5, 0.6) is 0 Å². The molecule has 14 heavy (non-hydrogen) atoms. The Bertz CT molecular complexity index is 474. The number of rotatable bonds is 1. The van der Waals surface area contributed by atoms with Crippen LogP contribution in [0.2, 0.25) is 9.49 Å². The maximum absolute atomic E-state index is 5.82. The van der Waals surface area contributed by atoms with Gasteiger partial charge in [-0.25, -0.2) is 15.0 Å². The second-order valence-corrected chi connectivity index (χ2v) is 5.18. The summed E-state index contributed by atoms with van der Waals surface area (Å²) in [6, 6.07) is 0. The van der Waals surface area contributed by atoms with E-state index in [0.29, 0.717) is 24.8 Å². The molecular weight excluding hydrogens is 309 g/mol. The Morgan fingerprint density at radius 3 is 2.57 bits per heavy atom. The average Bonchev–Trinajstić information content (AvgIpc) is 2.57. The summed E-state index contributed by atoms with van der Waals surface area (Å²) >= 11 is 16.1. The van der Waals surface area contributed by atoms with Gasteiger partial charge in [0.2, 0.25) is 0 Å². The number of aromatic nitrogens is 3. The largest absolute Gasteiger partial charge is 0.240 e. The van der Waals surface area contributed by atoms with Crippen molar-refractivity contribution in [2.75, 3.05) is 0 Å². The van der Waals surface area contributed by atoms with Gasteiger partial charge < -0.3 is 0 Å². The molecule has 7 heteroatoms. The molecule has 0 aliphatic carbocycles. The first-order chi connectivity index (χ1) is 6.66. The summed E-state index contributed by atoms with van der Waals surface area (Å²) in [7, 11) is 0. The first-order valence-corrected chi connectivity index (χ1v) is 5.83. The Morgan fingerprint density at radius 1 is 1.21 bits per heavy atom. The van der Waals surface area contributed by atoms with Crippen LogP contribution >= 0.6 is 50.5 Å². The highest BCUT2D eigenvalue weighted by Crippen LogP contribution is 2.27. The minimum absolute atomic E-state index is 0.362. The van der Waals surface area contributed by atoms with E-state index in [9.17, 15) is 0 Å². The third-order valence-corrected chi connectivity index (χ3v) is 3.58. The maximum Gasteiger partial charge on any atom is 0.190 e. The fraction of sp³-hybridized carbons (Fsp3) is 0. The summed E-state index contributed by atoms with van der Waals surface area (Å²) in [5, 5.41) is 1.02. The summed E-state index contributed by atoms with van der Waals surface area (Å²) in [5.41, 5.74) is 0. The van der Waals surface area contributed by atoms with Crippen LogP contribution in [0.4, 0.5) is 0 Å². The Balaban J connectivity index is 2.47. The van der Waals surface area contributed by atoms with E-state index < -0.39 is 0 Å². The predicted molar refractivity (Wildman–Crippen MR) is 60.9 cm³/mol. The SMILES string of the molecule is Clc1cnc(-c2ncc(Br)c(Cl)n2)s1. The van der Waals surface area contributed by atoms with Crippen LogP contribution in [-0.2, 0) is 0 Å². The molecular formula is C7H2BrCl2N3S. The highest BCUT2D eigenvalue weighted by atomic mass is 79.9. The van der Waals surface area contributed by atoms with Crippen LogP contribution in [0.3, 0.4) is 0 Å². The zero-order valence-corrected chi connectivity index (χ0v) is 10.5. The van der Waals surface area contributed by atoms with E-state index in [1.165, 1.54) is 11.3 Å². The number of thiazole rings is 1. The first-order valence-electron chi connectivity index (χ1n) is 3.46. The molecule has 0 aliphatic rings. The van der Waals surface area contributed by atoms with E-state index in [2.05, 4.69) is 30.9 Å². The van der Waals surface area contributed by atoms with Crippen molar-refractivity contribution in [2.45, 2.75) is 0 Å². The van der Waals surface area contributed by atoms with Gasteiger partial charge in [0, 0.05) is 6.20 Å². The lowest BCUT2D eigenvalue weighted by molar-refractivity contribution is 1.15. The fourth-order valence-corrected chi connectivity index (χ4v) is 1.98. The lowest BCUT2D eigenvalue weighted by Gasteiger charge is -1.96. The van der Waals surface area contributed by atoms with Crippen molar-refractivity contribution in [2.24, 2.45) is 0 Å². The zero-order valence-electron chi connectivity index (χ0n) is 6.54. The lowest BCUT2D eigenvalue weighted by atomic mass is 10.6. The summed E-state index contributed by atoms with van der Waals surface area (Å²) in [4.78, 5) is 12.2. The Morgan fingerprint density at radius 2 is 2.00 bits per heavy atom. The van der Waals surface area contributed by atoms with Crippen LogP contribution in [0.1, 0.15) is 0 Å². The molecule has 0 radical (unpaired) electrons. The van der Waals surface area contributed by atoms with Crippen molar-refractivity contribution in [1.29, 1.82) is 0 Å². The highest BCUT2D eigenvalue weighted by molar-refractivity contribution is 9.10. The molecule has 2 aromatic rings. The monoisotopic (exact) mass is 309 g/mol. The minimum atomic E-state index is 0.362. The van der Waals surface area contributed by atoms with Gasteiger partial charge in [0.1, 0.15) is 9.49 Å². The molecule has 0 unspecified atom stereocenters. The highest BCUT2D eigenvalue weighted by Gasteiger charge is 2.08. The topological polar surface area (TPSA) is 38.7 Å². The van der Waals surface area contributed by atoms with Gasteiger partial charge in [-0.1, -0.05) is 34.5 Å². The van der Waals surface area contributed by atoms with Gasteiger partial charge in [-0.05, 0) is 15.9 Å². The molecule has 0 aliphatic heterocycles. The van der Waals surface area contributed by atoms with E-state index in [4.69, 9.17) is 23.2 Å². The number of halogens is 3. The van der Waals surface area contributed by atoms with Crippen LogP contribution in [0, 0.1) is 0 Å².